The molecule has 2 fully saturated rings. The first kappa shape index (κ1) is 29.9. The number of benzene rings is 1. The van der Waals surface area contributed by atoms with Crippen molar-refractivity contribution in [2.75, 3.05) is 26.8 Å². The maximum Gasteiger partial charge on any atom is 0.247 e. The zero-order valence-corrected chi connectivity index (χ0v) is 24.4. The molecule has 9 nitrogen and oxygen atoms in total. The van der Waals surface area contributed by atoms with Crippen molar-refractivity contribution < 1.29 is 34.4 Å². The summed E-state index contributed by atoms with van der Waals surface area (Å²) in [6.45, 7) is 2.31. The van der Waals surface area contributed by atoms with E-state index in [2.05, 4.69) is 12.2 Å². The highest BCUT2D eigenvalue weighted by molar-refractivity contribution is 5.96. The summed E-state index contributed by atoms with van der Waals surface area (Å²) in [6, 6.07) is 2.75. The largest absolute Gasteiger partial charge is 0.493 e. The van der Waals surface area contributed by atoms with Gasteiger partial charge in [-0.3, -0.25) is 9.59 Å². The molecule has 2 amide bonds. The first-order valence-electron chi connectivity index (χ1n) is 15.5. The topological polar surface area (TPSA) is 129 Å². The van der Waals surface area contributed by atoms with Crippen LogP contribution in [0.15, 0.2) is 23.8 Å². The fraction of sp³-hybridized carbons (Fsp3) is 0.688. The first-order chi connectivity index (χ1) is 19.9. The van der Waals surface area contributed by atoms with Crippen LogP contribution in [0.4, 0.5) is 0 Å². The average molecular weight is 571 g/mol. The van der Waals surface area contributed by atoms with E-state index >= 15 is 0 Å². The van der Waals surface area contributed by atoms with Crippen LogP contribution in [-0.2, 0) is 16.2 Å². The van der Waals surface area contributed by atoms with Gasteiger partial charge in [-0.05, 0) is 67.2 Å². The van der Waals surface area contributed by atoms with E-state index in [0.29, 0.717) is 53.0 Å². The van der Waals surface area contributed by atoms with Crippen LogP contribution in [0.25, 0.3) is 0 Å². The first-order valence-corrected chi connectivity index (χ1v) is 15.5. The summed E-state index contributed by atoms with van der Waals surface area (Å²) in [5.74, 6) is 1.64. The number of amides is 2. The monoisotopic (exact) mass is 570 g/mol. The fourth-order valence-electron chi connectivity index (χ4n) is 7.74. The van der Waals surface area contributed by atoms with E-state index in [9.17, 15) is 24.9 Å². The molecule has 7 unspecified atom stereocenters. The van der Waals surface area contributed by atoms with Crippen LogP contribution in [0.2, 0.25) is 0 Å². The van der Waals surface area contributed by atoms with E-state index < -0.39 is 24.2 Å². The molecule has 226 valence electrons. The van der Waals surface area contributed by atoms with Crippen LogP contribution in [0.5, 0.6) is 11.5 Å². The van der Waals surface area contributed by atoms with Gasteiger partial charge in [0, 0.05) is 30.6 Å². The lowest BCUT2D eigenvalue weighted by Gasteiger charge is -2.41. The molecule has 3 aliphatic carbocycles. The third-order valence-corrected chi connectivity index (χ3v) is 9.75. The van der Waals surface area contributed by atoms with Gasteiger partial charge in [0.05, 0.1) is 32.3 Å². The maximum absolute atomic E-state index is 14.0. The predicted molar refractivity (Wildman–Crippen MR) is 153 cm³/mol. The zero-order valence-electron chi connectivity index (χ0n) is 24.4. The number of aliphatic hydroxyl groups excluding tert-OH is 3. The van der Waals surface area contributed by atoms with E-state index in [4.69, 9.17) is 9.47 Å². The van der Waals surface area contributed by atoms with E-state index in [0.717, 1.165) is 38.0 Å². The molecule has 4 aliphatic rings. The van der Waals surface area contributed by atoms with Crippen molar-refractivity contribution in [1.29, 1.82) is 0 Å². The summed E-state index contributed by atoms with van der Waals surface area (Å²) in [5, 5.41) is 33.8. The molecule has 4 N–H and O–H groups in total. The third kappa shape index (κ3) is 5.99. The number of nitrogens with zero attached hydrogens (tertiary/aromatic N) is 1. The lowest BCUT2D eigenvalue weighted by molar-refractivity contribution is -0.138. The Morgan fingerprint density at radius 2 is 1.98 bits per heavy atom. The number of methoxy groups -OCH3 is 1. The number of hydrogen-bond acceptors (Lipinski definition) is 7. The van der Waals surface area contributed by atoms with E-state index in [1.807, 2.05) is 0 Å². The van der Waals surface area contributed by atoms with Crippen LogP contribution in [0.3, 0.4) is 0 Å². The number of rotatable bonds is 13. The van der Waals surface area contributed by atoms with Gasteiger partial charge in [0.15, 0.2) is 11.5 Å². The van der Waals surface area contributed by atoms with Gasteiger partial charge in [0.25, 0.3) is 0 Å². The predicted octanol–water partition coefficient (Wildman–Crippen LogP) is 3.05. The van der Waals surface area contributed by atoms with Crippen molar-refractivity contribution in [3.63, 3.8) is 0 Å². The summed E-state index contributed by atoms with van der Waals surface area (Å²) < 4.78 is 11.9. The molecule has 1 aromatic rings. The van der Waals surface area contributed by atoms with Gasteiger partial charge in [0.2, 0.25) is 11.8 Å². The normalized spacial score (nSPS) is 29.4. The van der Waals surface area contributed by atoms with Gasteiger partial charge >= 0.3 is 0 Å². The van der Waals surface area contributed by atoms with Gasteiger partial charge in [-0.15, -0.1) is 0 Å². The molecule has 0 saturated heterocycles. The van der Waals surface area contributed by atoms with E-state index in [1.165, 1.54) is 26.4 Å². The molecular weight excluding hydrogens is 524 g/mol. The summed E-state index contributed by atoms with van der Waals surface area (Å²) in [5.41, 5.74) is 1.65. The molecule has 0 aromatic heterocycles. The number of aliphatic hydroxyl groups is 3. The standard InChI is InChI=1S/C32H46N2O7/c1-3-4-5-6-10-34(27(37)16-22-13-19-7-8-21(22)12-19)25-17-24(32(39)33-9-11-35)28-23-14-20(18-36)15-26(40-2)30(23)41-31(28)29(25)38/h14-15,17,19,21-22,25,28-29,31,35-36,38H,3-13,16,18H2,1-2H3,(H,33,39). The number of fused-ring (bicyclic) bond motifs is 5. The number of unbranched alkanes of at least 4 members (excludes halogenated alkanes) is 3. The summed E-state index contributed by atoms with van der Waals surface area (Å²) >= 11 is 0. The molecule has 7 atom stereocenters. The molecule has 9 heteroatoms. The van der Waals surface area contributed by atoms with Gasteiger partial charge < -0.3 is 35.0 Å². The lowest BCUT2D eigenvalue weighted by Crippen LogP contribution is -2.56. The molecular formula is C32H46N2O7. The molecule has 41 heavy (non-hydrogen) atoms. The van der Waals surface area contributed by atoms with Crippen LogP contribution >= 0.6 is 0 Å². The van der Waals surface area contributed by atoms with Crippen molar-refractivity contribution in [1.82, 2.24) is 10.2 Å². The number of ether oxygens (including phenoxy) is 2. The highest BCUT2D eigenvalue weighted by Crippen LogP contribution is 2.52. The number of hydrogen-bond donors (Lipinski definition) is 4. The number of carbonyl (C=O) groups is 2. The Labute approximate surface area is 242 Å². The van der Waals surface area contributed by atoms with Crippen molar-refractivity contribution in [2.24, 2.45) is 17.8 Å². The minimum atomic E-state index is -1.07. The van der Waals surface area contributed by atoms with Crippen LogP contribution in [-0.4, -0.2) is 77.1 Å². The molecule has 1 aliphatic heterocycles. The zero-order chi connectivity index (χ0) is 29.1. The second-order valence-corrected chi connectivity index (χ2v) is 12.3. The Hall–Kier alpha value is -2.62. The Morgan fingerprint density at radius 3 is 2.63 bits per heavy atom. The Balaban J connectivity index is 1.49. The van der Waals surface area contributed by atoms with Crippen molar-refractivity contribution in [2.45, 2.75) is 95.5 Å². The Bertz CT molecular complexity index is 1140. The maximum atomic E-state index is 14.0. The second-order valence-electron chi connectivity index (χ2n) is 12.3. The fourth-order valence-corrected chi connectivity index (χ4v) is 7.74. The molecule has 2 saturated carbocycles. The molecule has 1 aromatic carbocycles. The minimum absolute atomic E-state index is 0.0311. The summed E-state index contributed by atoms with van der Waals surface area (Å²) in [4.78, 5) is 29.3. The van der Waals surface area contributed by atoms with E-state index in [-0.39, 0.29) is 31.6 Å². The van der Waals surface area contributed by atoms with Gasteiger partial charge in [0.1, 0.15) is 12.2 Å². The van der Waals surface area contributed by atoms with Crippen molar-refractivity contribution in [3.05, 3.63) is 34.9 Å². The highest BCUT2D eigenvalue weighted by Gasteiger charge is 2.52. The van der Waals surface area contributed by atoms with Gasteiger partial charge in [-0.1, -0.05) is 32.6 Å². The SMILES string of the molecule is CCCCCCN(C(=O)CC1CC2CCC1C2)C1C=C(C(=O)NCCO)C2c3cc(CO)cc(OC)c3OC2C1O. The van der Waals surface area contributed by atoms with Gasteiger partial charge in [-0.25, -0.2) is 0 Å². The van der Waals surface area contributed by atoms with Crippen molar-refractivity contribution in [3.8, 4) is 11.5 Å². The van der Waals surface area contributed by atoms with Crippen LogP contribution in [0.1, 0.15) is 81.8 Å². The quantitative estimate of drug-likeness (QED) is 0.268. The minimum Gasteiger partial charge on any atom is -0.493 e. The van der Waals surface area contributed by atoms with Gasteiger partial charge in [-0.2, -0.15) is 0 Å². The third-order valence-electron chi connectivity index (χ3n) is 9.75. The molecule has 2 bridgehead atoms. The Morgan fingerprint density at radius 1 is 1.15 bits per heavy atom. The molecule has 1 heterocycles. The lowest BCUT2D eigenvalue weighted by atomic mass is 9.77. The molecule has 5 rings (SSSR count). The Kier molecular flexibility index (Phi) is 9.56. The number of nitrogens with one attached hydrogen (secondary N) is 1. The number of carbonyl (C=O) groups excluding carboxylic acids is 2. The highest BCUT2D eigenvalue weighted by atomic mass is 16.5. The second kappa shape index (κ2) is 13.1. The molecule has 0 radical (unpaired) electrons. The summed E-state index contributed by atoms with van der Waals surface area (Å²) in [7, 11) is 1.51. The van der Waals surface area contributed by atoms with E-state index in [1.54, 1.807) is 23.1 Å². The average Bonchev–Trinajstić information content (AvgIpc) is 3.71. The molecule has 0 spiro atoms. The smallest absolute Gasteiger partial charge is 0.247 e. The van der Waals surface area contributed by atoms with Crippen LogP contribution in [0, 0.1) is 17.8 Å². The van der Waals surface area contributed by atoms with Crippen LogP contribution < -0.4 is 14.8 Å². The summed E-state index contributed by atoms with van der Waals surface area (Å²) in [6.07, 6.45) is 9.09. The van der Waals surface area contributed by atoms with Crippen molar-refractivity contribution >= 4 is 11.8 Å².